The molecule has 6 nitrogen and oxygen atoms in total. The fourth-order valence-corrected chi connectivity index (χ4v) is 4.19. The van der Waals surface area contributed by atoms with Gasteiger partial charge in [0.05, 0.1) is 11.4 Å². The van der Waals surface area contributed by atoms with Crippen molar-refractivity contribution in [3.63, 3.8) is 0 Å². The lowest BCUT2D eigenvalue weighted by atomic mass is 10.1. The summed E-state index contributed by atoms with van der Waals surface area (Å²) in [6.07, 6.45) is 4.61. The molecule has 2 fully saturated rings. The van der Waals surface area contributed by atoms with Gasteiger partial charge in [-0.2, -0.15) is 5.10 Å². The maximum atomic E-state index is 4.39. The summed E-state index contributed by atoms with van der Waals surface area (Å²) < 4.78 is 1.82. The summed E-state index contributed by atoms with van der Waals surface area (Å²) in [4.78, 5) is 2.64. The Labute approximate surface area is 156 Å². The Bertz CT molecular complexity index is 740. The standard InChI is InChI=1S/C20H30N6/c1-5-13(2)8-9-26-11-16-17(12-26)20(16)21-19-7-6-18(22-23-19)15-10-25(4)24-14(15)3/h6-7,10,13,16-17,20H,5,8-9,11-12H2,1-4H3,(H,21,23)/t13?,16-,17+,20?. The van der Waals surface area contributed by atoms with Gasteiger partial charge in [-0.05, 0) is 49.8 Å². The number of hydrogen-bond acceptors (Lipinski definition) is 5. The van der Waals surface area contributed by atoms with Gasteiger partial charge in [0, 0.05) is 37.9 Å². The van der Waals surface area contributed by atoms with E-state index in [1.165, 1.54) is 32.5 Å². The Kier molecular flexibility index (Phi) is 4.69. The van der Waals surface area contributed by atoms with Gasteiger partial charge in [0.15, 0.2) is 0 Å². The number of aromatic nitrogens is 4. The summed E-state index contributed by atoms with van der Waals surface area (Å²) >= 11 is 0. The van der Waals surface area contributed by atoms with Crippen LogP contribution in [0.15, 0.2) is 18.3 Å². The largest absolute Gasteiger partial charge is 0.365 e. The second kappa shape index (κ2) is 6.99. The van der Waals surface area contributed by atoms with Crippen molar-refractivity contribution >= 4 is 5.82 Å². The molecule has 26 heavy (non-hydrogen) atoms. The first kappa shape index (κ1) is 17.5. The molecular weight excluding hydrogens is 324 g/mol. The monoisotopic (exact) mass is 354 g/mol. The van der Waals surface area contributed by atoms with E-state index in [0.29, 0.717) is 6.04 Å². The number of fused-ring (bicyclic) bond motifs is 1. The minimum absolute atomic E-state index is 0.579. The van der Waals surface area contributed by atoms with Crippen molar-refractivity contribution < 1.29 is 0 Å². The van der Waals surface area contributed by atoms with Crippen LogP contribution in [0.5, 0.6) is 0 Å². The third-order valence-corrected chi connectivity index (χ3v) is 6.17. The average Bonchev–Trinajstić information content (AvgIpc) is 2.97. The minimum Gasteiger partial charge on any atom is -0.365 e. The zero-order valence-corrected chi connectivity index (χ0v) is 16.3. The summed E-state index contributed by atoms with van der Waals surface area (Å²) in [5, 5.41) is 16.8. The van der Waals surface area contributed by atoms with Gasteiger partial charge in [-0.1, -0.05) is 20.3 Å². The Morgan fingerprint density at radius 2 is 2.00 bits per heavy atom. The second-order valence-electron chi connectivity index (χ2n) is 8.17. The van der Waals surface area contributed by atoms with Gasteiger partial charge in [-0.3, -0.25) is 4.68 Å². The molecular formula is C20H30N6. The molecule has 3 heterocycles. The lowest BCUT2D eigenvalue weighted by Gasteiger charge is -2.21. The molecule has 4 atom stereocenters. The van der Waals surface area contributed by atoms with Crippen molar-refractivity contribution in [1.82, 2.24) is 24.9 Å². The summed E-state index contributed by atoms with van der Waals surface area (Å²) in [5.41, 5.74) is 2.91. The maximum Gasteiger partial charge on any atom is 0.148 e. The van der Waals surface area contributed by atoms with Gasteiger partial charge in [-0.15, -0.1) is 10.2 Å². The van der Waals surface area contributed by atoms with Crippen LogP contribution in [-0.4, -0.2) is 50.6 Å². The molecule has 0 amide bonds. The van der Waals surface area contributed by atoms with Crippen LogP contribution < -0.4 is 5.32 Å². The Balaban J connectivity index is 1.29. The van der Waals surface area contributed by atoms with Crippen LogP contribution in [0.1, 0.15) is 32.4 Å². The Hall–Kier alpha value is -1.95. The number of likely N-dealkylation sites (tertiary alicyclic amines) is 1. The molecule has 140 valence electrons. The Morgan fingerprint density at radius 1 is 1.23 bits per heavy atom. The van der Waals surface area contributed by atoms with Gasteiger partial charge >= 0.3 is 0 Å². The highest BCUT2D eigenvalue weighted by molar-refractivity contribution is 5.61. The van der Waals surface area contributed by atoms with Crippen LogP contribution in [0.2, 0.25) is 0 Å². The van der Waals surface area contributed by atoms with Crippen molar-refractivity contribution in [2.45, 2.75) is 39.7 Å². The van der Waals surface area contributed by atoms with Crippen LogP contribution >= 0.6 is 0 Å². The lowest BCUT2D eigenvalue weighted by Crippen LogP contribution is -2.29. The number of nitrogens with zero attached hydrogens (tertiary/aromatic N) is 5. The quantitative estimate of drug-likeness (QED) is 0.828. The molecule has 1 aliphatic carbocycles. The molecule has 4 rings (SSSR count). The zero-order valence-electron chi connectivity index (χ0n) is 16.3. The van der Waals surface area contributed by atoms with Crippen molar-refractivity contribution in [2.24, 2.45) is 24.8 Å². The predicted molar refractivity (Wildman–Crippen MR) is 104 cm³/mol. The van der Waals surface area contributed by atoms with E-state index < -0.39 is 0 Å². The normalized spacial score (nSPS) is 25.9. The molecule has 1 N–H and O–H groups in total. The van der Waals surface area contributed by atoms with Gasteiger partial charge in [0.1, 0.15) is 5.82 Å². The molecule has 1 saturated heterocycles. The summed E-state index contributed by atoms with van der Waals surface area (Å²) in [5.74, 6) is 3.31. The summed E-state index contributed by atoms with van der Waals surface area (Å²) in [6, 6.07) is 4.66. The predicted octanol–water partition coefficient (Wildman–Crippen LogP) is 2.96. The van der Waals surface area contributed by atoms with E-state index in [0.717, 1.165) is 40.5 Å². The first-order valence-electron chi connectivity index (χ1n) is 9.88. The van der Waals surface area contributed by atoms with Gasteiger partial charge in [0.25, 0.3) is 0 Å². The SMILES string of the molecule is CCC(C)CCN1C[C@@H]2C(Nc3ccc(-c4cn(C)nc4C)nn3)[C@@H]2C1. The highest BCUT2D eigenvalue weighted by atomic mass is 15.3. The lowest BCUT2D eigenvalue weighted by molar-refractivity contribution is 0.276. The molecule has 0 bridgehead atoms. The molecule has 2 unspecified atom stereocenters. The molecule has 0 aromatic carbocycles. The number of aryl methyl sites for hydroxylation is 2. The smallest absolute Gasteiger partial charge is 0.148 e. The topological polar surface area (TPSA) is 58.9 Å². The van der Waals surface area contributed by atoms with Crippen LogP contribution in [0, 0.1) is 24.7 Å². The van der Waals surface area contributed by atoms with E-state index in [2.05, 4.69) is 39.4 Å². The zero-order chi connectivity index (χ0) is 18.3. The molecule has 1 saturated carbocycles. The van der Waals surface area contributed by atoms with Crippen molar-refractivity contribution in [3.05, 3.63) is 24.0 Å². The third-order valence-electron chi connectivity index (χ3n) is 6.17. The van der Waals surface area contributed by atoms with Crippen LogP contribution in [0.4, 0.5) is 5.82 Å². The number of rotatable bonds is 7. The fraction of sp³-hybridized carbons (Fsp3) is 0.650. The second-order valence-corrected chi connectivity index (χ2v) is 8.17. The third kappa shape index (κ3) is 3.47. The van der Waals surface area contributed by atoms with E-state index in [-0.39, 0.29) is 0 Å². The van der Waals surface area contributed by atoms with E-state index in [1.807, 2.05) is 37.0 Å². The van der Waals surface area contributed by atoms with Crippen LogP contribution in [0.25, 0.3) is 11.3 Å². The molecule has 1 aliphatic heterocycles. The highest BCUT2D eigenvalue weighted by Crippen LogP contribution is 2.47. The maximum absolute atomic E-state index is 4.39. The highest BCUT2D eigenvalue weighted by Gasteiger charge is 2.55. The van der Waals surface area contributed by atoms with Crippen molar-refractivity contribution in [2.75, 3.05) is 25.0 Å². The van der Waals surface area contributed by atoms with E-state index in [9.17, 15) is 0 Å². The van der Waals surface area contributed by atoms with Gasteiger partial charge in [0.2, 0.25) is 0 Å². The average molecular weight is 355 g/mol. The van der Waals surface area contributed by atoms with E-state index in [4.69, 9.17) is 0 Å². The van der Waals surface area contributed by atoms with Gasteiger partial charge in [-0.25, -0.2) is 0 Å². The van der Waals surface area contributed by atoms with Crippen molar-refractivity contribution in [3.8, 4) is 11.3 Å². The molecule has 2 aliphatic rings. The van der Waals surface area contributed by atoms with Crippen molar-refractivity contribution in [1.29, 1.82) is 0 Å². The van der Waals surface area contributed by atoms with Crippen LogP contribution in [0.3, 0.4) is 0 Å². The van der Waals surface area contributed by atoms with E-state index in [1.54, 1.807) is 0 Å². The number of anilines is 1. The van der Waals surface area contributed by atoms with Crippen LogP contribution in [-0.2, 0) is 7.05 Å². The molecule has 0 radical (unpaired) electrons. The number of nitrogens with one attached hydrogen (secondary N) is 1. The minimum atomic E-state index is 0.579. The first-order valence-corrected chi connectivity index (χ1v) is 9.88. The molecule has 2 aromatic rings. The molecule has 0 spiro atoms. The number of hydrogen-bond donors (Lipinski definition) is 1. The van der Waals surface area contributed by atoms with Gasteiger partial charge < -0.3 is 10.2 Å². The Morgan fingerprint density at radius 3 is 2.58 bits per heavy atom. The molecule has 2 aromatic heterocycles. The first-order chi connectivity index (χ1) is 12.5. The van der Waals surface area contributed by atoms with E-state index >= 15 is 0 Å². The fourth-order valence-electron chi connectivity index (χ4n) is 4.19. The summed E-state index contributed by atoms with van der Waals surface area (Å²) in [6.45, 7) is 10.4. The molecule has 6 heteroatoms. The number of piperidine rings is 1. The summed E-state index contributed by atoms with van der Waals surface area (Å²) in [7, 11) is 1.93.